The van der Waals surface area contributed by atoms with Gasteiger partial charge in [0.15, 0.2) is 0 Å². The molecule has 2 heterocycles. The predicted octanol–water partition coefficient (Wildman–Crippen LogP) is 3.20. The number of aromatic nitrogens is 2. The van der Waals surface area contributed by atoms with Gasteiger partial charge >= 0.3 is 0 Å². The number of pyridine rings is 1. The molecule has 24 heavy (non-hydrogen) atoms. The van der Waals surface area contributed by atoms with E-state index in [2.05, 4.69) is 10.3 Å². The smallest absolute Gasteiger partial charge is 0.268 e. The molecule has 0 saturated carbocycles. The van der Waals surface area contributed by atoms with E-state index in [1.54, 1.807) is 18.5 Å². The number of rotatable bonds is 6. The molecule has 0 saturated heterocycles. The Morgan fingerprint density at radius 2 is 2.04 bits per heavy atom. The van der Waals surface area contributed by atoms with Crippen molar-refractivity contribution in [3.05, 3.63) is 78.4 Å². The predicted molar refractivity (Wildman–Crippen MR) is 92.3 cm³/mol. The van der Waals surface area contributed by atoms with Crippen molar-refractivity contribution in [3.63, 3.8) is 0 Å². The monoisotopic (exact) mass is 321 g/mol. The minimum atomic E-state index is -0.143. The van der Waals surface area contributed by atoms with Crippen LogP contribution in [0.5, 0.6) is 5.75 Å². The minimum absolute atomic E-state index is 0.143. The lowest BCUT2D eigenvalue weighted by Crippen LogP contribution is -2.25. The molecule has 5 heteroatoms. The second-order valence-corrected chi connectivity index (χ2v) is 5.20. The van der Waals surface area contributed by atoms with E-state index in [4.69, 9.17) is 4.74 Å². The van der Waals surface area contributed by atoms with Crippen molar-refractivity contribution in [2.24, 2.45) is 0 Å². The van der Waals surface area contributed by atoms with Crippen LogP contribution in [0.3, 0.4) is 0 Å². The van der Waals surface area contributed by atoms with E-state index in [1.807, 2.05) is 60.2 Å². The van der Waals surface area contributed by atoms with Crippen LogP contribution >= 0.6 is 0 Å². The van der Waals surface area contributed by atoms with Crippen LogP contribution in [0.2, 0.25) is 0 Å². The molecule has 0 aliphatic rings. The summed E-state index contributed by atoms with van der Waals surface area (Å²) in [6.45, 7) is 2.94. The Kier molecular flexibility index (Phi) is 4.91. The van der Waals surface area contributed by atoms with Gasteiger partial charge in [-0.3, -0.25) is 9.78 Å². The highest BCUT2D eigenvalue weighted by Crippen LogP contribution is 2.18. The third-order valence-corrected chi connectivity index (χ3v) is 3.62. The zero-order valence-corrected chi connectivity index (χ0v) is 13.5. The number of carbonyl (C=O) groups excluding carboxylic acids is 1. The van der Waals surface area contributed by atoms with Crippen LogP contribution in [0, 0.1) is 0 Å². The SMILES string of the molecule is CCOc1ccccc1CNC(=O)c1cccn1-c1cccnc1. The first-order valence-corrected chi connectivity index (χ1v) is 7.86. The first kappa shape index (κ1) is 15.8. The van der Waals surface area contributed by atoms with Gasteiger partial charge in [-0.15, -0.1) is 0 Å². The van der Waals surface area contributed by atoms with Gasteiger partial charge in [-0.1, -0.05) is 18.2 Å². The zero-order chi connectivity index (χ0) is 16.8. The molecule has 1 N–H and O–H groups in total. The Morgan fingerprint density at radius 1 is 1.17 bits per heavy atom. The normalized spacial score (nSPS) is 10.4. The standard InChI is InChI=1S/C19H19N3O2/c1-2-24-18-10-4-3-7-15(18)13-21-19(23)17-9-6-12-22(17)16-8-5-11-20-14-16/h3-12,14H,2,13H2,1H3,(H,21,23). The van der Waals surface area contributed by atoms with E-state index >= 15 is 0 Å². The lowest BCUT2D eigenvalue weighted by atomic mass is 10.2. The third kappa shape index (κ3) is 3.46. The molecule has 122 valence electrons. The van der Waals surface area contributed by atoms with Crippen molar-refractivity contribution in [1.29, 1.82) is 0 Å². The Morgan fingerprint density at radius 3 is 2.83 bits per heavy atom. The average molecular weight is 321 g/mol. The molecule has 0 atom stereocenters. The summed E-state index contributed by atoms with van der Waals surface area (Å²) < 4.78 is 7.40. The fraction of sp³-hybridized carbons (Fsp3) is 0.158. The van der Waals surface area contributed by atoms with Crippen molar-refractivity contribution in [2.75, 3.05) is 6.61 Å². The minimum Gasteiger partial charge on any atom is -0.494 e. The van der Waals surface area contributed by atoms with Gasteiger partial charge in [0.25, 0.3) is 5.91 Å². The number of hydrogen-bond donors (Lipinski definition) is 1. The molecule has 0 radical (unpaired) electrons. The van der Waals surface area contributed by atoms with E-state index in [0.717, 1.165) is 17.0 Å². The summed E-state index contributed by atoms with van der Waals surface area (Å²) in [6, 6.07) is 15.1. The molecule has 1 aromatic carbocycles. The number of nitrogens with zero attached hydrogens (tertiary/aromatic N) is 2. The maximum Gasteiger partial charge on any atom is 0.268 e. The summed E-state index contributed by atoms with van der Waals surface area (Å²) in [5.74, 6) is 0.651. The molecular formula is C19H19N3O2. The van der Waals surface area contributed by atoms with E-state index in [0.29, 0.717) is 18.8 Å². The molecule has 5 nitrogen and oxygen atoms in total. The molecule has 0 spiro atoms. The average Bonchev–Trinajstić information content (AvgIpc) is 3.11. The first-order chi connectivity index (χ1) is 11.8. The third-order valence-electron chi connectivity index (χ3n) is 3.62. The molecule has 3 aromatic rings. The number of amides is 1. The van der Waals surface area contributed by atoms with Crippen LogP contribution in [0.15, 0.2) is 67.1 Å². The molecule has 0 aliphatic heterocycles. The fourth-order valence-electron chi connectivity index (χ4n) is 2.50. The lowest BCUT2D eigenvalue weighted by Gasteiger charge is -2.12. The number of para-hydroxylation sites is 1. The van der Waals surface area contributed by atoms with Crippen LogP contribution in [-0.4, -0.2) is 22.1 Å². The summed E-state index contributed by atoms with van der Waals surface area (Å²) in [4.78, 5) is 16.6. The molecular weight excluding hydrogens is 302 g/mol. The van der Waals surface area contributed by atoms with Gasteiger partial charge in [0, 0.05) is 24.5 Å². The van der Waals surface area contributed by atoms with E-state index in [9.17, 15) is 4.79 Å². The molecule has 1 amide bonds. The second kappa shape index (κ2) is 7.46. The van der Waals surface area contributed by atoms with Gasteiger partial charge in [0.1, 0.15) is 11.4 Å². The highest BCUT2D eigenvalue weighted by atomic mass is 16.5. The Labute approximate surface area is 140 Å². The summed E-state index contributed by atoms with van der Waals surface area (Å²) in [6.07, 6.45) is 5.28. The van der Waals surface area contributed by atoms with Gasteiger partial charge < -0.3 is 14.6 Å². The van der Waals surface area contributed by atoms with Gasteiger partial charge in [0.2, 0.25) is 0 Å². The van der Waals surface area contributed by atoms with Crippen molar-refractivity contribution < 1.29 is 9.53 Å². The Bertz CT molecular complexity index is 812. The Balaban J connectivity index is 1.74. The number of hydrogen-bond acceptors (Lipinski definition) is 3. The van der Waals surface area contributed by atoms with Crippen LogP contribution in [0.1, 0.15) is 23.0 Å². The molecule has 0 unspecified atom stereocenters. The molecule has 3 rings (SSSR count). The molecule has 0 fully saturated rings. The maximum atomic E-state index is 12.5. The quantitative estimate of drug-likeness (QED) is 0.758. The highest BCUT2D eigenvalue weighted by Gasteiger charge is 2.12. The molecule has 0 aliphatic carbocycles. The van der Waals surface area contributed by atoms with Crippen LogP contribution in [0.4, 0.5) is 0 Å². The summed E-state index contributed by atoms with van der Waals surface area (Å²) in [5.41, 5.74) is 2.37. The summed E-state index contributed by atoms with van der Waals surface area (Å²) in [5, 5.41) is 2.95. The van der Waals surface area contributed by atoms with Crippen molar-refractivity contribution >= 4 is 5.91 Å². The number of carbonyl (C=O) groups is 1. The maximum absolute atomic E-state index is 12.5. The van der Waals surface area contributed by atoms with Crippen molar-refractivity contribution in [2.45, 2.75) is 13.5 Å². The lowest BCUT2D eigenvalue weighted by molar-refractivity contribution is 0.0944. The second-order valence-electron chi connectivity index (χ2n) is 5.20. The van der Waals surface area contributed by atoms with Crippen LogP contribution in [0.25, 0.3) is 5.69 Å². The van der Waals surface area contributed by atoms with Gasteiger partial charge in [-0.05, 0) is 37.3 Å². The molecule has 2 aromatic heterocycles. The largest absolute Gasteiger partial charge is 0.494 e. The van der Waals surface area contributed by atoms with E-state index in [1.165, 1.54) is 0 Å². The van der Waals surface area contributed by atoms with E-state index in [-0.39, 0.29) is 5.91 Å². The van der Waals surface area contributed by atoms with Crippen LogP contribution < -0.4 is 10.1 Å². The first-order valence-electron chi connectivity index (χ1n) is 7.86. The van der Waals surface area contributed by atoms with Gasteiger partial charge in [0.05, 0.1) is 18.5 Å². The number of nitrogens with one attached hydrogen (secondary N) is 1. The Hall–Kier alpha value is -3.08. The van der Waals surface area contributed by atoms with Crippen LogP contribution in [-0.2, 0) is 6.54 Å². The number of ether oxygens (including phenoxy) is 1. The molecule has 0 bridgehead atoms. The van der Waals surface area contributed by atoms with Crippen molar-refractivity contribution in [1.82, 2.24) is 14.9 Å². The van der Waals surface area contributed by atoms with Gasteiger partial charge in [-0.2, -0.15) is 0 Å². The fourth-order valence-corrected chi connectivity index (χ4v) is 2.50. The van der Waals surface area contributed by atoms with Crippen molar-refractivity contribution in [3.8, 4) is 11.4 Å². The van der Waals surface area contributed by atoms with E-state index < -0.39 is 0 Å². The highest BCUT2D eigenvalue weighted by molar-refractivity contribution is 5.93. The van der Waals surface area contributed by atoms with Gasteiger partial charge in [-0.25, -0.2) is 0 Å². The topological polar surface area (TPSA) is 56.1 Å². The number of benzene rings is 1. The zero-order valence-electron chi connectivity index (χ0n) is 13.5. The summed E-state index contributed by atoms with van der Waals surface area (Å²) >= 11 is 0. The summed E-state index contributed by atoms with van der Waals surface area (Å²) in [7, 11) is 0.